The average molecular weight is 335 g/mol. The molecule has 1 aromatic carbocycles. The molecule has 0 amide bonds. The maximum atomic E-state index is 13.9. The molecule has 0 spiro atoms. The molecule has 0 heterocycles. The highest BCUT2D eigenvalue weighted by Crippen LogP contribution is 2.26. The van der Waals surface area contributed by atoms with Crippen LogP contribution in [0.25, 0.3) is 0 Å². The van der Waals surface area contributed by atoms with E-state index >= 15 is 0 Å². The highest BCUT2D eigenvalue weighted by molar-refractivity contribution is 7.89. The maximum Gasteiger partial charge on any atom is 0.243 e. The number of halogens is 2. The third-order valence-corrected chi connectivity index (χ3v) is 5.10. The summed E-state index contributed by atoms with van der Waals surface area (Å²) < 4.78 is 39.6. The zero-order valence-electron chi connectivity index (χ0n) is 12.4. The predicted octanol–water partition coefficient (Wildman–Crippen LogP) is 2.78. The number of hydrogen-bond donors (Lipinski definition) is 1. The summed E-state index contributed by atoms with van der Waals surface area (Å²) >= 11 is 5.90. The molecule has 0 aliphatic rings. The number of nitrogens with zero attached hydrogens (tertiary/aromatic N) is 1. The molecule has 0 saturated carbocycles. The normalized spacial score (nSPS) is 12.1. The molecule has 0 aliphatic carbocycles. The van der Waals surface area contributed by atoms with Gasteiger partial charge in [0.1, 0.15) is 5.82 Å². The van der Waals surface area contributed by atoms with Gasteiger partial charge in [-0.1, -0.05) is 31.5 Å². The summed E-state index contributed by atoms with van der Waals surface area (Å²) in [7, 11) is -2.35. The number of rotatable bonds is 7. The first-order valence-electron chi connectivity index (χ1n) is 6.48. The van der Waals surface area contributed by atoms with E-state index in [4.69, 9.17) is 11.6 Å². The van der Waals surface area contributed by atoms with Gasteiger partial charge in [0.05, 0.1) is 9.92 Å². The fourth-order valence-electron chi connectivity index (χ4n) is 1.67. The summed E-state index contributed by atoms with van der Waals surface area (Å²) in [6, 6.07) is 2.51. The monoisotopic (exact) mass is 334 g/mol. The Hall–Kier alpha value is -0.950. The summed E-state index contributed by atoms with van der Waals surface area (Å²) in [5.41, 5.74) is 0.413. The second kappa shape index (κ2) is 7.35. The predicted molar refractivity (Wildman–Crippen MR) is 83.4 cm³/mol. The average Bonchev–Trinajstić information content (AvgIpc) is 2.40. The molecule has 0 aliphatic heterocycles. The summed E-state index contributed by atoms with van der Waals surface area (Å²) in [6.07, 6.45) is 1.46. The number of benzene rings is 1. The highest BCUT2D eigenvalue weighted by atomic mass is 35.5. The standard InChI is InChI=1S/C14H20ClFN2O2S/c1-5-6-18(4)21(19,20)12-7-11(9-17-10(2)3)14(15)13(16)8-12/h5,7-8,10,17H,1,6,9H2,2-4H3. The molecular weight excluding hydrogens is 315 g/mol. The second-order valence-corrected chi connectivity index (χ2v) is 7.41. The lowest BCUT2D eigenvalue weighted by molar-refractivity contribution is 0.497. The first-order valence-corrected chi connectivity index (χ1v) is 8.30. The van der Waals surface area contributed by atoms with Gasteiger partial charge in [-0.15, -0.1) is 6.58 Å². The van der Waals surface area contributed by atoms with Crippen LogP contribution < -0.4 is 5.32 Å². The Morgan fingerprint density at radius 2 is 2.10 bits per heavy atom. The van der Waals surface area contributed by atoms with Gasteiger partial charge in [-0.3, -0.25) is 0 Å². The van der Waals surface area contributed by atoms with E-state index in [0.29, 0.717) is 12.1 Å². The van der Waals surface area contributed by atoms with Gasteiger partial charge >= 0.3 is 0 Å². The van der Waals surface area contributed by atoms with Crippen LogP contribution in [0.5, 0.6) is 0 Å². The smallest absolute Gasteiger partial charge is 0.243 e. The summed E-state index contributed by atoms with van der Waals surface area (Å²) in [6.45, 7) is 7.80. The number of likely N-dealkylation sites (N-methyl/N-ethyl adjacent to an activating group) is 1. The van der Waals surface area contributed by atoms with Gasteiger partial charge in [-0.2, -0.15) is 4.31 Å². The van der Waals surface area contributed by atoms with Gasteiger partial charge in [0.2, 0.25) is 10.0 Å². The molecule has 21 heavy (non-hydrogen) atoms. The fraction of sp³-hybridized carbons (Fsp3) is 0.429. The molecule has 1 aromatic rings. The van der Waals surface area contributed by atoms with Crippen LogP contribution in [0.1, 0.15) is 19.4 Å². The molecule has 118 valence electrons. The van der Waals surface area contributed by atoms with Crippen LogP contribution in [0.4, 0.5) is 4.39 Å². The van der Waals surface area contributed by atoms with E-state index in [-0.39, 0.29) is 22.5 Å². The largest absolute Gasteiger partial charge is 0.310 e. The van der Waals surface area contributed by atoms with Crippen molar-refractivity contribution < 1.29 is 12.8 Å². The highest BCUT2D eigenvalue weighted by Gasteiger charge is 2.22. The first-order chi connectivity index (χ1) is 9.70. The van der Waals surface area contributed by atoms with Gasteiger partial charge in [-0.05, 0) is 17.7 Å². The minimum atomic E-state index is -3.77. The van der Waals surface area contributed by atoms with Gasteiger partial charge in [-0.25, -0.2) is 12.8 Å². The zero-order valence-corrected chi connectivity index (χ0v) is 13.9. The first kappa shape index (κ1) is 18.1. The molecule has 1 N–H and O–H groups in total. The van der Waals surface area contributed by atoms with E-state index < -0.39 is 15.8 Å². The molecule has 0 radical (unpaired) electrons. The molecule has 4 nitrogen and oxygen atoms in total. The molecule has 0 saturated heterocycles. The molecule has 0 unspecified atom stereocenters. The zero-order chi connectivity index (χ0) is 16.2. The van der Waals surface area contributed by atoms with Crippen molar-refractivity contribution in [1.29, 1.82) is 0 Å². The Bertz CT molecular complexity index is 618. The Balaban J connectivity index is 3.23. The molecule has 0 aromatic heterocycles. The van der Waals surface area contributed by atoms with E-state index in [2.05, 4.69) is 11.9 Å². The molecule has 0 fully saturated rings. The van der Waals surface area contributed by atoms with Crippen molar-refractivity contribution >= 4 is 21.6 Å². The van der Waals surface area contributed by atoms with Crippen LogP contribution in [0.3, 0.4) is 0 Å². The Labute approximate surface area is 130 Å². The molecule has 0 atom stereocenters. The van der Waals surface area contributed by atoms with Gasteiger partial charge in [0, 0.05) is 26.2 Å². The third kappa shape index (κ3) is 4.51. The van der Waals surface area contributed by atoms with Crippen molar-refractivity contribution in [3.63, 3.8) is 0 Å². The summed E-state index contributed by atoms with van der Waals surface area (Å²) in [5.74, 6) is -0.745. The summed E-state index contributed by atoms with van der Waals surface area (Å²) in [5, 5.41) is 3.03. The van der Waals surface area contributed by atoms with Crippen LogP contribution in [-0.2, 0) is 16.6 Å². The Kier molecular flexibility index (Phi) is 6.34. The lowest BCUT2D eigenvalue weighted by Gasteiger charge is -2.17. The van der Waals surface area contributed by atoms with Crippen molar-refractivity contribution in [1.82, 2.24) is 9.62 Å². The lowest BCUT2D eigenvalue weighted by Crippen LogP contribution is -2.27. The summed E-state index contributed by atoms with van der Waals surface area (Å²) in [4.78, 5) is -0.116. The number of hydrogen-bond acceptors (Lipinski definition) is 3. The van der Waals surface area contributed by atoms with E-state index in [1.807, 2.05) is 13.8 Å². The SMILES string of the molecule is C=CCN(C)S(=O)(=O)c1cc(F)c(Cl)c(CNC(C)C)c1. The van der Waals surface area contributed by atoms with Crippen molar-refractivity contribution in [2.24, 2.45) is 0 Å². The van der Waals surface area contributed by atoms with Crippen LogP contribution >= 0.6 is 11.6 Å². The maximum absolute atomic E-state index is 13.9. The second-order valence-electron chi connectivity index (χ2n) is 4.99. The Morgan fingerprint density at radius 1 is 1.48 bits per heavy atom. The molecule has 1 rings (SSSR count). The van der Waals surface area contributed by atoms with Crippen LogP contribution in [0, 0.1) is 5.82 Å². The van der Waals surface area contributed by atoms with Gasteiger partial charge < -0.3 is 5.32 Å². The van der Waals surface area contributed by atoms with E-state index in [9.17, 15) is 12.8 Å². The van der Waals surface area contributed by atoms with Gasteiger partial charge in [0.25, 0.3) is 0 Å². The van der Waals surface area contributed by atoms with E-state index in [1.165, 1.54) is 19.2 Å². The minimum Gasteiger partial charge on any atom is -0.310 e. The van der Waals surface area contributed by atoms with Crippen LogP contribution in [-0.4, -0.2) is 32.4 Å². The topological polar surface area (TPSA) is 49.4 Å². The van der Waals surface area contributed by atoms with E-state index in [1.54, 1.807) is 0 Å². The van der Waals surface area contributed by atoms with Crippen molar-refractivity contribution in [2.75, 3.05) is 13.6 Å². The van der Waals surface area contributed by atoms with Gasteiger partial charge in [0.15, 0.2) is 0 Å². The number of sulfonamides is 1. The van der Waals surface area contributed by atoms with Crippen LogP contribution in [0.15, 0.2) is 29.7 Å². The quantitative estimate of drug-likeness (QED) is 0.780. The fourth-order valence-corrected chi connectivity index (χ4v) is 3.05. The molecule has 0 bridgehead atoms. The third-order valence-electron chi connectivity index (χ3n) is 2.87. The van der Waals surface area contributed by atoms with Crippen molar-refractivity contribution in [2.45, 2.75) is 31.3 Å². The van der Waals surface area contributed by atoms with Crippen molar-refractivity contribution in [3.05, 3.63) is 41.2 Å². The van der Waals surface area contributed by atoms with Crippen molar-refractivity contribution in [3.8, 4) is 0 Å². The van der Waals surface area contributed by atoms with E-state index in [0.717, 1.165) is 10.4 Å². The molecular formula is C14H20ClFN2O2S. The number of nitrogens with one attached hydrogen (secondary N) is 1. The van der Waals surface area contributed by atoms with Crippen LogP contribution in [0.2, 0.25) is 5.02 Å². The Morgan fingerprint density at radius 3 is 2.62 bits per heavy atom. The molecule has 7 heteroatoms. The lowest BCUT2D eigenvalue weighted by atomic mass is 10.2. The minimum absolute atomic E-state index is 0.0616.